The molecule has 4 nitrogen and oxygen atoms in total. The van der Waals surface area contributed by atoms with Gasteiger partial charge in [-0.2, -0.15) is 0 Å². The number of aromatic nitrogens is 1. The average Bonchev–Trinajstić information content (AvgIpc) is 2.06. The van der Waals surface area contributed by atoms with Gasteiger partial charge >= 0.3 is 5.97 Å². The Balaban J connectivity index is 0.000000424. The van der Waals surface area contributed by atoms with Crippen molar-refractivity contribution >= 4 is 5.97 Å². The molecular formula is C9H15N2O2+. The molecule has 0 bridgehead atoms. The maximum Gasteiger partial charge on any atom is 0.309 e. The molecular weight excluding hydrogens is 168 g/mol. The Labute approximate surface area is 77.9 Å². The molecule has 0 amide bonds. The lowest BCUT2D eigenvalue weighted by Gasteiger charge is -1.95. The van der Waals surface area contributed by atoms with Crippen LogP contribution in [0.2, 0.25) is 0 Å². The molecule has 1 aromatic rings. The number of rotatable bonds is 1. The number of esters is 1. The first-order chi connectivity index (χ1) is 6.20. The number of ether oxygens (including phenoxy) is 1. The van der Waals surface area contributed by atoms with Gasteiger partial charge < -0.3 is 10.1 Å². The summed E-state index contributed by atoms with van der Waals surface area (Å²) >= 11 is 0. The molecule has 4 heteroatoms. The van der Waals surface area contributed by atoms with Gasteiger partial charge in [-0.3, -0.25) is 4.79 Å². The predicted octanol–water partition coefficient (Wildman–Crippen LogP) is -0.184. The van der Waals surface area contributed by atoms with Crippen molar-refractivity contribution in [1.82, 2.24) is 4.98 Å². The molecule has 0 aliphatic rings. The summed E-state index contributed by atoms with van der Waals surface area (Å²) in [6.07, 6.45) is 1.57. The Morgan fingerprint density at radius 3 is 2.46 bits per heavy atom. The Hall–Kier alpha value is -1.42. The molecule has 0 aromatic carbocycles. The highest BCUT2D eigenvalue weighted by molar-refractivity contribution is 5.68. The third-order valence-electron chi connectivity index (χ3n) is 0.886. The molecule has 1 rings (SSSR count). The minimum absolute atomic E-state index is 0.343. The van der Waals surface area contributed by atoms with E-state index in [4.69, 9.17) is 0 Å². The van der Waals surface area contributed by atoms with Crippen molar-refractivity contribution in [1.29, 1.82) is 0 Å². The molecule has 0 fully saturated rings. The maximum absolute atomic E-state index is 10.4. The molecule has 0 aliphatic heterocycles. The van der Waals surface area contributed by atoms with E-state index < -0.39 is 0 Å². The van der Waals surface area contributed by atoms with Gasteiger partial charge in [0.2, 0.25) is 5.88 Å². The molecule has 0 spiro atoms. The number of hydrogen-bond acceptors (Lipinski definition) is 3. The summed E-state index contributed by atoms with van der Waals surface area (Å²) in [5.74, 6) is -0.00583. The van der Waals surface area contributed by atoms with Gasteiger partial charge in [-0.1, -0.05) is 6.07 Å². The Morgan fingerprint density at radius 1 is 1.46 bits per heavy atom. The zero-order valence-electron chi connectivity index (χ0n) is 8.15. The first kappa shape index (κ1) is 11.6. The quantitative estimate of drug-likeness (QED) is 0.614. The highest BCUT2D eigenvalue weighted by Crippen LogP contribution is 2.02. The van der Waals surface area contributed by atoms with Gasteiger partial charge in [0, 0.05) is 19.2 Å². The van der Waals surface area contributed by atoms with Crippen LogP contribution in [-0.4, -0.2) is 25.0 Å². The molecule has 2 N–H and O–H groups in total. The van der Waals surface area contributed by atoms with Gasteiger partial charge in [-0.05, 0) is 6.07 Å². The van der Waals surface area contributed by atoms with E-state index >= 15 is 0 Å². The van der Waals surface area contributed by atoms with Gasteiger partial charge in [0.15, 0.2) is 0 Å². The summed E-state index contributed by atoms with van der Waals surface area (Å²) < 4.78 is 4.66. The van der Waals surface area contributed by atoms with Crippen molar-refractivity contribution in [3.05, 3.63) is 24.4 Å². The zero-order chi connectivity index (χ0) is 10.1. The van der Waals surface area contributed by atoms with E-state index in [1.165, 1.54) is 6.92 Å². The van der Waals surface area contributed by atoms with Crippen LogP contribution >= 0.6 is 0 Å². The van der Waals surface area contributed by atoms with Gasteiger partial charge in [0.1, 0.15) is 0 Å². The van der Waals surface area contributed by atoms with E-state index in [0.717, 1.165) is 0 Å². The minimum Gasteiger partial charge on any atom is -0.408 e. The third kappa shape index (κ3) is 6.96. The first-order valence-electron chi connectivity index (χ1n) is 4.04. The highest BCUT2D eigenvalue weighted by atomic mass is 16.5. The zero-order valence-corrected chi connectivity index (χ0v) is 8.15. The number of nitrogens with two attached hydrogens (primary N) is 1. The molecule has 72 valence electrons. The number of pyridine rings is 1. The van der Waals surface area contributed by atoms with E-state index in [2.05, 4.69) is 9.72 Å². The van der Waals surface area contributed by atoms with Crippen LogP contribution in [0.15, 0.2) is 24.4 Å². The van der Waals surface area contributed by atoms with Crippen LogP contribution in [0, 0.1) is 0 Å². The highest BCUT2D eigenvalue weighted by Gasteiger charge is 1.94. The van der Waals surface area contributed by atoms with Gasteiger partial charge in [0.05, 0.1) is 14.1 Å². The lowest BCUT2D eigenvalue weighted by Crippen LogP contribution is -2.74. The molecule has 0 radical (unpaired) electrons. The molecule has 0 aliphatic carbocycles. The molecule has 0 saturated heterocycles. The maximum atomic E-state index is 10.4. The van der Waals surface area contributed by atoms with Crippen LogP contribution in [-0.2, 0) is 4.79 Å². The second-order valence-electron chi connectivity index (χ2n) is 2.34. The summed E-state index contributed by atoms with van der Waals surface area (Å²) in [4.78, 5) is 14.1. The van der Waals surface area contributed by atoms with Crippen molar-refractivity contribution in [3.63, 3.8) is 0 Å². The Morgan fingerprint density at radius 2 is 2.08 bits per heavy atom. The molecule has 0 unspecified atom stereocenters. The van der Waals surface area contributed by atoms with Crippen LogP contribution in [0.4, 0.5) is 0 Å². The molecule has 0 atom stereocenters. The normalized spacial score (nSPS) is 8.23. The fraction of sp³-hybridized carbons (Fsp3) is 0.333. The smallest absolute Gasteiger partial charge is 0.309 e. The second kappa shape index (κ2) is 7.24. The lowest BCUT2D eigenvalue weighted by atomic mass is 10.5. The van der Waals surface area contributed by atoms with Gasteiger partial charge in [-0.15, -0.1) is 0 Å². The van der Waals surface area contributed by atoms with Crippen LogP contribution in [0.3, 0.4) is 0 Å². The first-order valence-corrected chi connectivity index (χ1v) is 4.04. The van der Waals surface area contributed by atoms with Crippen molar-refractivity contribution < 1.29 is 14.8 Å². The van der Waals surface area contributed by atoms with E-state index in [1.807, 2.05) is 19.4 Å². The minimum atomic E-state index is -0.348. The standard InChI is InChI=1S/C7H7NO2.C2H7N/c1-6(9)10-7-4-2-3-5-8-7;1-3-2/h2-5H,1H3;3H,1-2H3/p+1. The van der Waals surface area contributed by atoms with E-state index in [9.17, 15) is 4.79 Å². The third-order valence-corrected chi connectivity index (χ3v) is 0.886. The van der Waals surface area contributed by atoms with E-state index in [0.29, 0.717) is 5.88 Å². The number of nitrogens with zero attached hydrogens (tertiary/aromatic N) is 1. The summed E-state index contributed by atoms with van der Waals surface area (Å²) in [5.41, 5.74) is 0. The van der Waals surface area contributed by atoms with Gasteiger partial charge in [0.25, 0.3) is 0 Å². The number of hydrogen-bond donors (Lipinski definition) is 1. The molecule has 1 heterocycles. The molecule has 1 aromatic heterocycles. The van der Waals surface area contributed by atoms with Crippen LogP contribution in [0.25, 0.3) is 0 Å². The van der Waals surface area contributed by atoms with Crippen molar-refractivity contribution in [2.45, 2.75) is 6.92 Å². The van der Waals surface area contributed by atoms with Gasteiger partial charge in [-0.25, -0.2) is 4.98 Å². The Kier molecular flexibility index (Phi) is 6.45. The molecule has 0 saturated carbocycles. The largest absolute Gasteiger partial charge is 0.408 e. The number of carbonyl (C=O) groups is 1. The monoisotopic (exact) mass is 183 g/mol. The van der Waals surface area contributed by atoms with E-state index in [1.54, 1.807) is 24.4 Å². The van der Waals surface area contributed by atoms with Crippen LogP contribution < -0.4 is 10.1 Å². The van der Waals surface area contributed by atoms with Crippen molar-refractivity contribution in [2.24, 2.45) is 0 Å². The number of carbonyl (C=O) groups excluding carboxylic acids is 1. The lowest BCUT2D eigenvalue weighted by molar-refractivity contribution is -0.597. The SMILES string of the molecule is CC(=O)Oc1ccccn1.C[NH2+]C. The second-order valence-corrected chi connectivity index (χ2v) is 2.34. The fourth-order valence-electron chi connectivity index (χ4n) is 0.555. The van der Waals surface area contributed by atoms with Crippen LogP contribution in [0.5, 0.6) is 5.88 Å². The predicted molar refractivity (Wildman–Crippen MR) is 49.3 cm³/mol. The average molecular weight is 183 g/mol. The summed E-state index contributed by atoms with van der Waals surface area (Å²) in [7, 11) is 4.00. The summed E-state index contributed by atoms with van der Waals surface area (Å²) in [5, 5.41) is 2.00. The Bertz CT molecular complexity index is 237. The molecule has 13 heavy (non-hydrogen) atoms. The fourth-order valence-corrected chi connectivity index (χ4v) is 0.555. The van der Waals surface area contributed by atoms with E-state index in [-0.39, 0.29) is 5.97 Å². The van der Waals surface area contributed by atoms with Crippen molar-refractivity contribution in [2.75, 3.05) is 14.1 Å². The summed E-state index contributed by atoms with van der Waals surface area (Å²) in [6, 6.07) is 5.14. The van der Waals surface area contributed by atoms with Crippen LogP contribution in [0.1, 0.15) is 6.92 Å². The van der Waals surface area contributed by atoms with Crippen molar-refractivity contribution in [3.8, 4) is 5.88 Å². The summed E-state index contributed by atoms with van der Waals surface area (Å²) in [6.45, 7) is 1.34. The number of quaternary nitrogens is 1. The topological polar surface area (TPSA) is 55.8 Å².